The molecule has 0 aliphatic heterocycles. The third-order valence-corrected chi connectivity index (χ3v) is 3.12. The molecular weight excluding hydrogens is 202 g/mol. The molecule has 16 heavy (non-hydrogen) atoms. The molecule has 1 heterocycles. The van der Waals surface area contributed by atoms with Gasteiger partial charge in [0.05, 0.1) is 12.3 Å². The van der Waals surface area contributed by atoms with Crippen LogP contribution in [-0.4, -0.2) is 39.5 Å². The minimum absolute atomic E-state index is 0.243. The summed E-state index contributed by atoms with van der Waals surface area (Å²) in [5.41, 5.74) is 1.25. The van der Waals surface area contributed by atoms with Crippen molar-refractivity contribution in [1.82, 2.24) is 14.7 Å². The quantitative estimate of drug-likeness (QED) is 0.753. The van der Waals surface area contributed by atoms with Gasteiger partial charge in [0.1, 0.15) is 0 Å². The van der Waals surface area contributed by atoms with Gasteiger partial charge in [0.15, 0.2) is 0 Å². The first-order valence-corrected chi connectivity index (χ1v) is 6.17. The van der Waals surface area contributed by atoms with Gasteiger partial charge in [-0.3, -0.25) is 9.58 Å². The molecule has 0 radical (unpaired) electrons. The molecule has 0 atom stereocenters. The first kappa shape index (κ1) is 11.6. The van der Waals surface area contributed by atoms with Crippen LogP contribution in [0.3, 0.4) is 0 Å². The third-order valence-electron chi connectivity index (χ3n) is 3.12. The Kier molecular flexibility index (Phi) is 3.96. The lowest BCUT2D eigenvalue weighted by Gasteiger charge is -2.21. The molecule has 1 aliphatic carbocycles. The molecule has 0 bridgehead atoms. The van der Waals surface area contributed by atoms with Crippen LogP contribution in [0.2, 0.25) is 0 Å². The molecule has 1 saturated carbocycles. The Labute approximate surface area is 96.9 Å². The number of hydrogen-bond acceptors (Lipinski definition) is 3. The largest absolute Gasteiger partial charge is 0.395 e. The van der Waals surface area contributed by atoms with Crippen molar-refractivity contribution < 1.29 is 5.11 Å². The summed E-state index contributed by atoms with van der Waals surface area (Å²) in [6.07, 6.45) is 4.57. The first-order valence-electron chi connectivity index (χ1n) is 6.17. The first-order chi connectivity index (χ1) is 7.83. The molecule has 90 valence electrons. The molecule has 1 aromatic heterocycles. The molecule has 1 fully saturated rings. The van der Waals surface area contributed by atoms with Gasteiger partial charge in [0.2, 0.25) is 0 Å². The number of rotatable bonds is 7. The normalized spacial score (nSPS) is 15.9. The number of aliphatic hydroxyl groups is 1. The van der Waals surface area contributed by atoms with Crippen LogP contribution >= 0.6 is 0 Å². The summed E-state index contributed by atoms with van der Waals surface area (Å²) in [4.78, 5) is 2.33. The molecule has 0 aromatic carbocycles. The number of hydrogen-bond donors (Lipinski definition) is 1. The molecule has 1 aliphatic rings. The van der Waals surface area contributed by atoms with Crippen molar-refractivity contribution in [1.29, 1.82) is 0 Å². The van der Waals surface area contributed by atoms with E-state index in [1.165, 1.54) is 18.5 Å². The maximum Gasteiger partial charge on any atom is 0.0558 e. The fraction of sp³-hybridized carbons (Fsp3) is 0.750. The standard InChI is InChI=1S/C12H21N3O/c1-2-15-12(5-6-13-15)10-14(7-8-16)9-11-3-4-11/h5-6,11,16H,2-4,7-10H2,1H3. The van der Waals surface area contributed by atoms with Crippen LogP contribution < -0.4 is 0 Å². The summed E-state index contributed by atoms with van der Waals surface area (Å²) in [6.45, 7) is 6.06. The van der Waals surface area contributed by atoms with Gasteiger partial charge >= 0.3 is 0 Å². The van der Waals surface area contributed by atoms with Crippen LogP contribution in [0.4, 0.5) is 0 Å². The van der Waals surface area contributed by atoms with E-state index < -0.39 is 0 Å². The second-order valence-corrected chi connectivity index (χ2v) is 4.54. The lowest BCUT2D eigenvalue weighted by Crippen LogP contribution is -2.29. The van der Waals surface area contributed by atoms with Crippen LogP contribution in [0.15, 0.2) is 12.3 Å². The van der Waals surface area contributed by atoms with E-state index in [9.17, 15) is 0 Å². The SMILES string of the molecule is CCn1nccc1CN(CCO)CC1CC1. The zero-order valence-corrected chi connectivity index (χ0v) is 9.97. The summed E-state index contributed by atoms with van der Waals surface area (Å²) in [6, 6.07) is 2.07. The molecule has 0 unspecified atom stereocenters. The van der Waals surface area contributed by atoms with Gasteiger partial charge in [-0.05, 0) is 31.7 Å². The Morgan fingerprint density at radius 2 is 2.38 bits per heavy atom. The lowest BCUT2D eigenvalue weighted by molar-refractivity contribution is 0.181. The maximum atomic E-state index is 9.06. The number of nitrogens with zero attached hydrogens (tertiary/aromatic N) is 3. The Morgan fingerprint density at radius 1 is 1.56 bits per heavy atom. The van der Waals surface area contributed by atoms with Crippen LogP contribution in [0.5, 0.6) is 0 Å². The Hall–Kier alpha value is -0.870. The highest BCUT2D eigenvalue weighted by Crippen LogP contribution is 2.30. The zero-order valence-electron chi connectivity index (χ0n) is 9.97. The Balaban J connectivity index is 1.92. The number of aryl methyl sites for hydroxylation is 1. The summed E-state index contributed by atoms with van der Waals surface area (Å²) >= 11 is 0. The van der Waals surface area contributed by atoms with E-state index in [0.29, 0.717) is 0 Å². The van der Waals surface area contributed by atoms with Crippen LogP contribution in [0, 0.1) is 5.92 Å². The van der Waals surface area contributed by atoms with Crippen molar-refractivity contribution in [3.8, 4) is 0 Å². The molecule has 1 aromatic rings. The van der Waals surface area contributed by atoms with Crippen LogP contribution in [0.1, 0.15) is 25.5 Å². The van der Waals surface area contributed by atoms with Crippen LogP contribution in [-0.2, 0) is 13.1 Å². The predicted molar refractivity (Wildman–Crippen MR) is 63.0 cm³/mol. The van der Waals surface area contributed by atoms with E-state index >= 15 is 0 Å². The maximum absolute atomic E-state index is 9.06. The van der Waals surface area contributed by atoms with Crippen molar-refractivity contribution in [2.45, 2.75) is 32.9 Å². The van der Waals surface area contributed by atoms with E-state index in [4.69, 9.17) is 5.11 Å². The average Bonchev–Trinajstić information content (AvgIpc) is 2.96. The molecular formula is C12H21N3O. The fourth-order valence-corrected chi connectivity index (χ4v) is 2.05. The van der Waals surface area contributed by atoms with E-state index in [2.05, 4.69) is 23.0 Å². The number of aliphatic hydroxyl groups excluding tert-OH is 1. The highest BCUT2D eigenvalue weighted by atomic mass is 16.3. The van der Waals surface area contributed by atoms with Gasteiger partial charge in [-0.1, -0.05) is 0 Å². The minimum atomic E-state index is 0.243. The predicted octanol–water partition coefficient (Wildman–Crippen LogP) is 1.11. The average molecular weight is 223 g/mol. The van der Waals surface area contributed by atoms with E-state index in [1.54, 1.807) is 0 Å². The second-order valence-electron chi connectivity index (χ2n) is 4.54. The van der Waals surface area contributed by atoms with Gasteiger partial charge in [-0.2, -0.15) is 5.10 Å². The van der Waals surface area contributed by atoms with Gasteiger partial charge in [0.25, 0.3) is 0 Å². The number of aromatic nitrogens is 2. The summed E-state index contributed by atoms with van der Waals surface area (Å²) in [5, 5.41) is 13.3. The minimum Gasteiger partial charge on any atom is -0.395 e. The van der Waals surface area contributed by atoms with Crippen molar-refractivity contribution >= 4 is 0 Å². The van der Waals surface area contributed by atoms with Crippen molar-refractivity contribution in [3.63, 3.8) is 0 Å². The summed E-state index contributed by atoms with van der Waals surface area (Å²) in [5.74, 6) is 0.865. The summed E-state index contributed by atoms with van der Waals surface area (Å²) < 4.78 is 2.03. The van der Waals surface area contributed by atoms with Crippen LogP contribution in [0.25, 0.3) is 0 Å². The van der Waals surface area contributed by atoms with Gasteiger partial charge in [-0.25, -0.2) is 0 Å². The topological polar surface area (TPSA) is 41.3 Å². The summed E-state index contributed by atoms with van der Waals surface area (Å²) in [7, 11) is 0. The van der Waals surface area contributed by atoms with Crippen molar-refractivity contribution in [2.75, 3.05) is 19.7 Å². The smallest absolute Gasteiger partial charge is 0.0558 e. The molecule has 0 amide bonds. The van der Waals surface area contributed by atoms with Crippen molar-refractivity contribution in [2.24, 2.45) is 5.92 Å². The van der Waals surface area contributed by atoms with Gasteiger partial charge in [-0.15, -0.1) is 0 Å². The Bertz CT molecular complexity index is 320. The molecule has 4 nitrogen and oxygen atoms in total. The highest BCUT2D eigenvalue weighted by molar-refractivity contribution is 5.00. The van der Waals surface area contributed by atoms with E-state index in [-0.39, 0.29) is 6.61 Å². The third kappa shape index (κ3) is 3.06. The highest BCUT2D eigenvalue weighted by Gasteiger charge is 2.24. The molecule has 2 rings (SSSR count). The molecule has 0 saturated heterocycles. The van der Waals surface area contributed by atoms with Gasteiger partial charge < -0.3 is 5.11 Å². The van der Waals surface area contributed by atoms with E-state index in [0.717, 1.165) is 32.1 Å². The molecule has 4 heteroatoms. The zero-order chi connectivity index (χ0) is 11.4. The second kappa shape index (κ2) is 5.46. The van der Waals surface area contributed by atoms with E-state index in [1.807, 2.05) is 10.9 Å². The lowest BCUT2D eigenvalue weighted by atomic mass is 10.3. The monoisotopic (exact) mass is 223 g/mol. The fourth-order valence-electron chi connectivity index (χ4n) is 2.05. The Morgan fingerprint density at radius 3 is 3.00 bits per heavy atom. The van der Waals surface area contributed by atoms with Gasteiger partial charge in [0, 0.05) is 32.4 Å². The molecule has 1 N–H and O–H groups in total. The van der Waals surface area contributed by atoms with Crippen molar-refractivity contribution in [3.05, 3.63) is 18.0 Å². The molecule has 0 spiro atoms.